The number of nitrogens with one attached hydrogen (secondary N) is 1. The summed E-state index contributed by atoms with van der Waals surface area (Å²) in [6, 6.07) is 9.57. The molecule has 21 heavy (non-hydrogen) atoms. The first kappa shape index (κ1) is 14.6. The SMILES string of the molecule is C=CCN1CCC(N[C@H]2CCCOc3ccccc32)CC1. The summed E-state index contributed by atoms with van der Waals surface area (Å²) < 4.78 is 5.86. The Labute approximate surface area is 128 Å². The molecule has 0 saturated carbocycles. The Balaban J connectivity index is 1.61. The second kappa shape index (κ2) is 7.10. The zero-order valence-electron chi connectivity index (χ0n) is 12.8. The first-order chi connectivity index (χ1) is 10.4. The van der Waals surface area contributed by atoms with Gasteiger partial charge in [-0.2, -0.15) is 0 Å². The van der Waals surface area contributed by atoms with Gasteiger partial charge in [0, 0.05) is 24.2 Å². The van der Waals surface area contributed by atoms with Crippen LogP contribution in [0.4, 0.5) is 0 Å². The molecule has 0 aliphatic carbocycles. The lowest BCUT2D eigenvalue weighted by Gasteiger charge is -2.34. The van der Waals surface area contributed by atoms with Crippen molar-refractivity contribution in [1.82, 2.24) is 10.2 Å². The van der Waals surface area contributed by atoms with Crippen LogP contribution in [0.5, 0.6) is 5.75 Å². The summed E-state index contributed by atoms with van der Waals surface area (Å²) in [5, 5.41) is 3.88. The maximum atomic E-state index is 5.86. The smallest absolute Gasteiger partial charge is 0.124 e. The van der Waals surface area contributed by atoms with Crippen molar-refractivity contribution >= 4 is 0 Å². The fourth-order valence-corrected chi connectivity index (χ4v) is 3.45. The van der Waals surface area contributed by atoms with E-state index < -0.39 is 0 Å². The highest BCUT2D eigenvalue weighted by Gasteiger charge is 2.24. The molecule has 1 fully saturated rings. The molecule has 0 spiro atoms. The van der Waals surface area contributed by atoms with Crippen LogP contribution in [-0.4, -0.2) is 37.2 Å². The van der Waals surface area contributed by atoms with Crippen LogP contribution in [0.15, 0.2) is 36.9 Å². The minimum atomic E-state index is 0.444. The first-order valence-electron chi connectivity index (χ1n) is 8.18. The van der Waals surface area contributed by atoms with E-state index in [4.69, 9.17) is 4.74 Å². The van der Waals surface area contributed by atoms with E-state index in [0.717, 1.165) is 25.3 Å². The second-order valence-corrected chi connectivity index (χ2v) is 6.11. The van der Waals surface area contributed by atoms with E-state index in [1.807, 2.05) is 6.08 Å². The van der Waals surface area contributed by atoms with Gasteiger partial charge in [-0.05, 0) is 44.8 Å². The maximum absolute atomic E-state index is 5.86. The van der Waals surface area contributed by atoms with E-state index in [9.17, 15) is 0 Å². The fourth-order valence-electron chi connectivity index (χ4n) is 3.45. The number of piperidine rings is 1. The topological polar surface area (TPSA) is 24.5 Å². The predicted octanol–water partition coefficient (Wildman–Crippen LogP) is 3.14. The molecule has 0 unspecified atom stereocenters. The van der Waals surface area contributed by atoms with Gasteiger partial charge in [0.2, 0.25) is 0 Å². The van der Waals surface area contributed by atoms with Gasteiger partial charge in [0.15, 0.2) is 0 Å². The van der Waals surface area contributed by atoms with E-state index in [0.29, 0.717) is 12.1 Å². The number of fused-ring (bicyclic) bond motifs is 1. The number of ether oxygens (including phenoxy) is 1. The van der Waals surface area contributed by atoms with Crippen LogP contribution in [0.25, 0.3) is 0 Å². The third-order valence-corrected chi connectivity index (χ3v) is 4.60. The van der Waals surface area contributed by atoms with E-state index in [1.54, 1.807) is 0 Å². The molecule has 1 N–H and O–H groups in total. The monoisotopic (exact) mass is 286 g/mol. The summed E-state index contributed by atoms with van der Waals surface area (Å²) in [5.74, 6) is 1.07. The molecule has 0 amide bonds. The van der Waals surface area contributed by atoms with Gasteiger partial charge in [0.1, 0.15) is 5.75 Å². The Kier molecular flexibility index (Phi) is 4.94. The minimum Gasteiger partial charge on any atom is -0.493 e. The van der Waals surface area contributed by atoms with Gasteiger partial charge in [0.25, 0.3) is 0 Å². The molecule has 1 atom stereocenters. The van der Waals surface area contributed by atoms with Crippen LogP contribution in [-0.2, 0) is 0 Å². The summed E-state index contributed by atoms with van der Waals surface area (Å²) in [4.78, 5) is 2.48. The second-order valence-electron chi connectivity index (χ2n) is 6.11. The number of hydrogen-bond donors (Lipinski definition) is 1. The zero-order chi connectivity index (χ0) is 14.5. The van der Waals surface area contributed by atoms with Crippen molar-refractivity contribution in [1.29, 1.82) is 0 Å². The zero-order valence-corrected chi connectivity index (χ0v) is 12.8. The summed E-state index contributed by atoms with van der Waals surface area (Å²) in [7, 11) is 0. The molecule has 1 aromatic rings. The first-order valence-corrected chi connectivity index (χ1v) is 8.18. The van der Waals surface area contributed by atoms with Crippen molar-refractivity contribution in [3.8, 4) is 5.75 Å². The van der Waals surface area contributed by atoms with E-state index >= 15 is 0 Å². The predicted molar refractivity (Wildman–Crippen MR) is 86.7 cm³/mol. The lowest BCUT2D eigenvalue weighted by Crippen LogP contribution is -2.43. The molecule has 2 heterocycles. The van der Waals surface area contributed by atoms with Crippen LogP contribution in [0, 0.1) is 0 Å². The van der Waals surface area contributed by atoms with Crippen LogP contribution < -0.4 is 10.1 Å². The third kappa shape index (κ3) is 3.66. The summed E-state index contributed by atoms with van der Waals surface area (Å²) in [6.45, 7) is 8.04. The van der Waals surface area contributed by atoms with Crippen molar-refractivity contribution in [3.63, 3.8) is 0 Å². The third-order valence-electron chi connectivity index (χ3n) is 4.60. The lowest BCUT2D eigenvalue weighted by atomic mass is 9.98. The van der Waals surface area contributed by atoms with Crippen molar-refractivity contribution < 1.29 is 4.74 Å². The number of hydrogen-bond acceptors (Lipinski definition) is 3. The quantitative estimate of drug-likeness (QED) is 0.861. The molecule has 2 aliphatic heterocycles. The van der Waals surface area contributed by atoms with Gasteiger partial charge in [-0.15, -0.1) is 6.58 Å². The number of nitrogens with zero attached hydrogens (tertiary/aromatic N) is 1. The van der Waals surface area contributed by atoms with Crippen molar-refractivity contribution in [2.24, 2.45) is 0 Å². The molecule has 0 radical (unpaired) electrons. The van der Waals surface area contributed by atoms with E-state index in [2.05, 4.69) is 41.1 Å². The van der Waals surface area contributed by atoms with Crippen molar-refractivity contribution in [2.75, 3.05) is 26.2 Å². The van der Waals surface area contributed by atoms with Gasteiger partial charge in [0.05, 0.1) is 6.61 Å². The van der Waals surface area contributed by atoms with Crippen molar-refractivity contribution in [3.05, 3.63) is 42.5 Å². The highest BCUT2D eigenvalue weighted by atomic mass is 16.5. The highest BCUT2D eigenvalue weighted by molar-refractivity contribution is 5.36. The summed E-state index contributed by atoms with van der Waals surface area (Å²) in [6.07, 6.45) is 6.76. The molecule has 0 aromatic heterocycles. The summed E-state index contributed by atoms with van der Waals surface area (Å²) >= 11 is 0. The maximum Gasteiger partial charge on any atom is 0.124 e. The van der Waals surface area contributed by atoms with Gasteiger partial charge >= 0.3 is 0 Å². The van der Waals surface area contributed by atoms with Crippen molar-refractivity contribution in [2.45, 2.75) is 37.8 Å². The molecule has 3 nitrogen and oxygen atoms in total. The van der Waals surface area contributed by atoms with Gasteiger partial charge in [-0.3, -0.25) is 4.90 Å². The van der Waals surface area contributed by atoms with Crippen LogP contribution in [0.1, 0.15) is 37.3 Å². The van der Waals surface area contributed by atoms with Gasteiger partial charge in [-0.1, -0.05) is 24.3 Å². The molecule has 114 valence electrons. The summed E-state index contributed by atoms with van der Waals surface area (Å²) in [5.41, 5.74) is 1.34. The molecular formula is C18H26N2O. The van der Waals surface area contributed by atoms with Crippen LogP contribution in [0.3, 0.4) is 0 Å². The number of rotatable bonds is 4. The number of likely N-dealkylation sites (tertiary alicyclic amines) is 1. The molecule has 3 heteroatoms. The Bertz CT molecular complexity index is 466. The van der Waals surface area contributed by atoms with E-state index in [-0.39, 0.29) is 0 Å². The normalized spacial score (nSPS) is 23.9. The van der Waals surface area contributed by atoms with Gasteiger partial charge < -0.3 is 10.1 Å². The minimum absolute atomic E-state index is 0.444. The molecule has 3 rings (SSSR count). The Morgan fingerprint density at radius 2 is 2.05 bits per heavy atom. The number of para-hydroxylation sites is 1. The molecule has 1 saturated heterocycles. The average molecular weight is 286 g/mol. The van der Waals surface area contributed by atoms with Gasteiger partial charge in [-0.25, -0.2) is 0 Å². The Hall–Kier alpha value is -1.32. The molecule has 0 bridgehead atoms. The van der Waals surface area contributed by atoms with Crippen LogP contribution >= 0.6 is 0 Å². The van der Waals surface area contributed by atoms with E-state index in [1.165, 1.54) is 37.9 Å². The molecular weight excluding hydrogens is 260 g/mol. The largest absolute Gasteiger partial charge is 0.493 e. The molecule has 1 aromatic carbocycles. The standard InChI is InChI=1S/C18H26N2O/c1-2-11-20-12-9-15(10-13-20)19-17-7-5-14-21-18-8-4-3-6-16(17)18/h2-4,6,8,15,17,19H,1,5,7,9-14H2/t17-/m0/s1. The highest BCUT2D eigenvalue weighted by Crippen LogP contribution is 2.32. The Morgan fingerprint density at radius 1 is 1.24 bits per heavy atom. The fraction of sp³-hybridized carbons (Fsp3) is 0.556. The lowest BCUT2D eigenvalue weighted by molar-refractivity contribution is 0.205. The van der Waals surface area contributed by atoms with Crippen LogP contribution in [0.2, 0.25) is 0 Å². The molecule has 2 aliphatic rings. The number of benzene rings is 1. The Morgan fingerprint density at radius 3 is 2.86 bits per heavy atom. The average Bonchev–Trinajstić information content (AvgIpc) is 2.72.